The van der Waals surface area contributed by atoms with Gasteiger partial charge in [-0.25, -0.2) is 4.39 Å². The highest BCUT2D eigenvalue weighted by atomic mass is 19.1. The number of hydrogen-bond acceptors (Lipinski definition) is 2. The van der Waals surface area contributed by atoms with Gasteiger partial charge in [0.25, 0.3) is 0 Å². The average Bonchev–Trinajstić information content (AvgIpc) is 2.68. The van der Waals surface area contributed by atoms with Crippen LogP contribution in [0.3, 0.4) is 0 Å². The van der Waals surface area contributed by atoms with Crippen LogP contribution in [0.5, 0.6) is 0 Å². The largest absolute Gasteiger partial charge is 0.338 e. The SMILES string of the molecule is CC1CC(=O)N(Cc2ccc(F)c(C#CCN)c2)C1. The quantitative estimate of drug-likeness (QED) is 0.819. The van der Waals surface area contributed by atoms with Crippen molar-refractivity contribution in [1.82, 2.24) is 4.90 Å². The third-order valence-electron chi connectivity index (χ3n) is 3.14. The van der Waals surface area contributed by atoms with Crippen molar-refractivity contribution in [3.05, 3.63) is 35.1 Å². The minimum Gasteiger partial charge on any atom is -0.338 e. The fraction of sp³-hybridized carbons (Fsp3) is 0.400. The fourth-order valence-electron chi connectivity index (χ4n) is 2.26. The molecule has 2 rings (SSSR count). The molecule has 1 atom stereocenters. The van der Waals surface area contributed by atoms with Crippen LogP contribution >= 0.6 is 0 Å². The molecule has 4 heteroatoms. The van der Waals surface area contributed by atoms with Gasteiger partial charge in [0.2, 0.25) is 5.91 Å². The van der Waals surface area contributed by atoms with Gasteiger partial charge in [-0.1, -0.05) is 24.8 Å². The van der Waals surface area contributed by atoms with Gasteiger partial charge in [-0.2, -0.15) is 0 Å². The molecule has 1 amide bonds. The molecule has 3 nitrogen and oxygen atoms in total. The Hall–Kier alpha value is -1.86. The number of carbonyl (C=O) groups excluding carboxylic acids is 1. The highest BCUT2D eigenvalue weighted by Gasteiger charge is 2.26. The van der Waals surface area contributed by atoms with E-state index in [0.29, 0.717) is 24.4 Å². The summed E-state index contributed by atoms with van der Waals surface area (Å²) in [7, 11) is 0. The lowest BCUT2D eigenvalue weighted by molar-refractivity contribution is -0.128. The molecule has 0 radical (unpaired) electrons. The molecule has 0 saturated carbocycles. The zero-order valence-electron chi connectivity index (χ0n) is 10.9. The van der Waals surface area contributed by atoms with Gasteiger partial charge in [0.15, 0.2) is 0 Å². The Bertz CT molecular complexity index is 545. The summed E-state index contributed by atoms with van der Waals surface area (Å²) in [6, 6.07) is 4.77. The molecule has 0 aromatic heterocycles. The summed E-state index contributed by atoms with van der Waals surface area (Å²) >= 11 is 0. The van der Waals surface area contributed by atoms with E-state index in [-0.39, 0.29) is 18.3 Å². The van der Waals surface area contributed by atoms with E-state index < -0.39 is 0 Å². The van der Waals surface area contributed by atoms with E-state index in [1.165, 1.54) is 6.07 Å². The van der Waals surface area contributed by atoms with Crippen LogP contribution in [0, 0.1) is 23.6 Å². The highest BCUT2D eigenvalue weighted by Crippen LogP contribution is 2.20. The van der Waals surface area contributed by atoms with Crippen LogP contribution in [0.1, 0.15) is 24.5 Å². The Kier molecular flexibility index (Phi) is 4.18. The third-order valence-corrected chi connectivity index (χ3v) is 3.14. The molecule has 1 aliphatic heterocycles. The van der Waals surface area contributed by atoms with Crippen molar-refractivity contribution in [2.24, 2.45) is 11.7 Å². The first-order valence-electron chi connectivity index (χ1n) is 6.35. The molecule has 1 aromatic carbocycles. The van der Waals surface area contributed by atoms with Gasteiger partial charge in [-0.05, 0) is 23.6 Å². The van der Waals surface area contributed by atoms with Gasteiger partial charge >= 0.3 is 0 Å². The van der Waals surface area contributed by atoms with Crippen molar-refractivity contribution < 1.29 is 9.18 Å². The van der Waals surface area contributed by atoms with E-state index in [1.807, 2.05) is 0 Å². The van der Waals surface area contributed by atoms with Gasteiger partial charge in [0, 0.05) is 19.5 Å². The second kappa shape index (κ2) is 5.85. The van der Waals surface area contributed by atoms with Crippen molar-refractivity contribution in [2.45, 2.75) is 19.9 Å². The lowest BCUT2D eigenvalue weighted by Crippen LogP contribution is -2.24. The Morgan fingerprint density at radius 3 is 2.95 bits per heavy atom. The minimum atomic E-state index is -0.356. The lowest BCUT2D eigenvalue weighted by Gasteiger charge is -2.16. The summed E-state index contributed by atoms with van der Waals surface area (Å²) in [4.78, 5) is 13.5. The van der Waals surface area contributed by atoms with Crippen molar-refractivity contribution in [3.63, 3.8) is 0 Å². The lowest BCUT2D eigenvalue weighted by atomic mass is 10.1. The first-order valence-corrected chi connectivity index (χ1v) is 6.35. The number of hydrogen-bond donors (Lipinski definition) is 1. The summed E-state index contributed by atoms with van der Waals surface area (Å²) in [5.74, 6) is 5.54. The number of halogens is 1. The molecular weight excluding hydrogens is 243 g/mol. The Labute approximate surface area is 112 Å². The average molecular weight is 260 g/mol. The minimum absolute atomic E-state index is 0.159. The van der Waals surface area contributed by atoms with Crippen LogP contribution in [0.2, 0.25) is 0 Å². The molecule has 1 heterocycles. The molecule has 0 bridgehead atoms. The van der Waals surface area contributed by atoms with E-state index >= 15 is 0 Å². The molecule has 1 aromatic rings. The highest BCUT2D eigenvalue weighted by molar-refractivity contribution is 5.78. The second-order valence-corrected chi connectivity index (χ2v) is 4.90. The fourth-order valence-corrected chi connectivity index (χ4v) is 2.26. The molecule has 1 saturated heterocycles. The number of likely N-dealkylation sites (tertiary alicyclic amines) is 1. The van der Waals surface area contributed by atoms with Crippen molar-refractivity contribution in [2.75, 3.05) is 13.1 Å². The summed E-state index contributed by atoms with van der Waals surface area (Å²) in [6.45, 7) is 3.54. The predicted molar refractivity (Wildman–Crippen MR) is 71.5 cm³/mol. The third kappa shape index (κ3) is 3.33. The van der Waals surface area contributed by atoms with Gasteiger partial charge in [0.05, 0.1) is 12.1 Å². The van der Waals surface area contributed by atoms with E-state index in [2.05, 4.69) is 18.8 Å². The molecule has 2 N–H and O–H groups in total. The van der Waals surface area contributed by atoms with Crippen LogP contribution in [0.15, 0.2) is 18.2 Å². The second-order valence-electron chi connectivity index (χ2n) is 4.90. The normalized spacial score (nSPS) is 18.4. The molecule has 1 unspecified atom stereocenters. The van der Waals surface area contributed by atoms with Gasteiger partial charge in [0.1, 0.15) is 5.82 Å². The van der Waals surface area contributed by atoms with Crippen LogP contribution in [-0.2, 0) is 11.3 Å². The van der Waals surface area contributed by atoms with Crippen LogP contribution in [0.25, 0.3) is 0 Å². The van der Waals surface area contributed by atoms with E-state index in [4.69, 9.17) is 5.73 Å². The van der Waals surface area contributed by atoms with E-state index in [0.717, 1.165) is 12.1 Å². The number of nitrogens with zero attached hydrogens (tertiary/aromatic N) is 1. The van der Waals surface area contributed by atoms with E-state index in [9.17, 15) is 9.18 Å². The zero-order valence-corrected chi connectivity index (χ0v) is 10.9. The maximum atomic E-state index is 13.5. The van der Waals surface area contributed by atoms with Gasteiger partial charge in [-0.3, -0.25) is 4.79 Å². The monoisotopic (exact) mass is 260 g/mol. The number of carbonyl (C=O) groups is 1. The van der Waals surface area contributed by atoms with Crippen molar-refractivity contribution >= 4 is 5.91 Å². The van der Waals surface area contributed by atoms with Gasteiger partial charge in [-0.15, -0.1) is 0 Å². The Morgan fingerprint density at radius 2 is 2.32 bits per heavy atom. The topological polar surface area (TPSA) is 46.3 Å². The maximum Gasteiger partial charge on any atom is 0.223 e. The smallest absolute Gasteiger partial charge is 0.223 e. The number of nitrogens with two attached hydrogens (primary N) is 1. The Morgan fingerprint density at radius 1 is 1.53 bits per heavy atom. The summed E-state index contributed by atoms with van der Waals surface area (Å²) in [5, 5.41) is 0. The summed E-state index contributed by atoms with van der Waals surface area (Å²) in [5.41, 5.74) is 6.51. The van der Waals surface area contributed by atoms with Crippen LogP contribution in [0.4, 0.5) is 4.39 Å². The van der Waals surface area contributed by atoms with Crippen molar-refractivity contribution in [3.8, 4) is 11.8 Å². The first kappa shape index (κ1) is 13.6. The molecular formula is C15H17FN2O. The maximum absolute atomic E-state index is 13.5. The zero-order chi connectivity index (χ0) is 13.8. The van der Waals surface area contributed by atoms with Crippen LogP contribution in [-0.4, -0.2) is 23.9 Å². The summed E-state index contributed by atoms with van der Waals surface area (Å²) < 4.78 is 13.5. The van der Waals surface area contributed by atoms with Crippen LogP contribution < -0.4 is 5.73 Å². The Balaban J connectivity index is 2.15. The van der Waals surface area contributed by atoms with E-state index in [1.54, 1.807) is 17.0 Å². The molecule has 1 aliphatic rings. The summed E-state index contributed by atoms with van der Waals surface area (Å²) in [6.07, 6.45) is 0.598. The molecule has 1 fully saturated rings. The molecule has 0 aliphatic carbocycles. The number of benzene rings is 1. The van der Waals surface area contributed by atoms with Crippen molar-refractivity contribution in [1.29, 1.82) is 0 Å². The predicted octanol–water partition coefficient (Wildman–Crippen LogP) is 1.50. The number of rotatable bonds is 2. The molecule has 0 spiro atoms. The molecule has 100 valence electrons. The molecule has 19 heavy (non-hydrogen) atoms. The standard InChI is InChI=1S/C15H17FN2O/c1-11-7-15(19)18(9-11)10-12-4-5-14(16)13(8-12)3-2-6-17/h4-5,8,11H,6-7,9-10,17H2,1H3. The van der Waals surface area contributed by atoms with Gasteiger partial charge < -0.3 is 10.6 Å². The first-order chi connectivity index (χ1) is 9.10. The number of amides is 1.